The fourth-order valence-corrected chi connectivity index (χ4v) is 1.07. The van der Waals surface area contributed by atoms with Crippen LogP contribution in [0.5, 0.6) is 0 Å². The highest BCUT2D eigenvalue weighted by Crippen LogP contribution is 2.15. The van der Waals surface area contributed by atoms with E-state index in [0.29, 0.717) is 6.42 Å². The highest BCUT2D eigenvalue weighted by Gasteiger charge is 2.40. The van der Waals surface area contributed by atoms with Crippen molar-refractivity contribution in [1.82, 2.24) is 0 Å². The fraction of sp³-hybridized carbons (Fsp3) is 0.727. The number of carboxylic acid groups (broad SMARTS) is 3. The van der Waals surface area contributed by atoms with Crippen LogP contribution in [0.4, 0.5) is 0 Å². The third-order valence-electron chi connectivity index (χ3n) is 2.22. The van der Waals surface area contributed by atoms with Crippen molar-refractivity contribution >= 4 is 17.9 Å². The van der Waals surface area contributed by atoms with Gasteiger partial charge in [0, 0.05) is 6.61 Å². The van der Waals surface area contributed by atoms with Crippen LogP contribution in [0.3, 0.4) is 0 Å². The molecule has 0 radical (unpaired) electrons. The van der Waals surface area contributed by atoms with Crippen LogP contribution >= 0.6 is 0 Å². The van der Waals surface area contributed by atoms with E-state index in [4.69, 9.17) is 30.6 Å². The molecule has 0 saturated heterocycles. The third-order valence-corrected chi connectivity index (χ3v) is 2.22. The van der Waals surface area contributed by atoms with Gasteiger partial charge in [0.2, 0.25) is 0 Å². The molecule has 0 rings (SSSR count). The summed E-state index contributed by atoms with van der Waals surface area (Å²) < 4.78 is 0. The first-order valence-corrected chi connectivity index (χ1v) is 5.77. The summed E-state index contributed by atoms with van der Waals surface area (Å²) in [6.45, 7) is 1.98. The summed E-state index contributed by atoms with van der Waals surface area (Å²) in [6, 6.07) is 0. The molecular weight excluding hydrogens is 276 g/mol. The van der Waals surface area contributed by atoms with Gasteiger partial charge in [0.25, 0.3) is 0 Å². The van der Waals surface area contributed by atoms with Gasteiger partial charge in [0.15, 0.2) is 5.60 Å². The van der Waals surface area contributed by atoms with Crippen LogP contribution in [0.25, 0.3) is 0 Å². The Kier molecular flexibility index (Phi) is 10.4. The number of hydrogen-bond acceptors (Lipinski definition) is 6. The summed E-state index contributed by atoms with van der Waals surface area (Å²) in [4.78, 5) is 30.5. The average Bonchev–Trinajstić information content (AvgIpc) is 2.27. The summed E-state index contributed by atoms with van der Waals surface area (Å²) in [7, 11) is 0. The molecule has 0 bridgehead atoms. The van der Waals surface area contributed by atoms with Crippen molar-refractivity contribution in [1.29, 1.82) is 0 Å². The first-order chi connectivity index (χ1) is 9.08. The molecule has 0 aliphatic heterocycles. The van der Waals surface area contributed by atoms with Gasteiger partial charge in [-0.1, -0.05) is 6.92 Å². The highest BCUT2D eigenvalue weighted by atomic mass is 16.4. The Morgan fingerprint density at radius 3 is 1.60 bits per heavy atom. The predicted molar refractivity (Wildman–Crippen MR) is 65.1 cm³/mol. The minimum Gasteiger partial charge on any atom is -0.481 e. The van der Waals surface area contributed by atoms with Gasteiger partial charge < -0.3 is 30.6 Å². The Morgan fingerprint density at radius 2 is 1.45 bits per heavy atom. The minimum atomic E-state index is -2.74. The number of aliphatic hydroxyl groups is 3. The molecule has 0 aliphatic rings. The maximum atomic E-state index is 10.3. The first-order valence-electron chi connectivity index (χ1n) is 5.77. The van der Waals surface area contributed by atoms with E-state index in [-0.39, 0.29) is 12.7 Å². The lowest BCUT2D eigenvalue weighted by molar-refractivity contribution is -0.170. The van der Waals surface area contributed by atoms with Crippen molar-refractivity contribution in [2.45, 2.75) is 44.3 Å². The topological polar surface area (TPSA) is 173 Å². The van der Waals surface area contributed by atoms with Crippen molar-refractivity contribution in [2.75, 3.05) is 6.61 Å². The van der Waals surface area contributed by atoms with Gasteiger partial charge in [-0.15, -0.1) is 0 Å². The molecule has 0 aromatic heterocycles. The number of rotatable bonds is 8. The molecule has 1 unspecified atom stereocenters. The van der Waals surface area contributed by atoms with Crippen LogP contribution in [0.15, 0.2) is 0 Å². The van der Waals surface area contributed by atoms with Crippen LogP contribution in [0.2, 0.25) is 0 Å². The molecular formula is C11H20O9. The average molecular weight is 296 g/mol. The molecule has 0 aromatic carbocycles. The van der Waals surface area contributed by atoms with E-state index in [9.17, 15) is 14.4 Å². The summed E-state index contributed by atoms with van der Waals surface area (Å²) in [5, 5.41) is 50.7. The number of carboxylic acids is 3. The van der Waals surface area contributed by atoms with Gasteiger partial charge in [-0.2, -0.15) is 0 Å². The zero-order valence-corrected chi connectivity index (χ0v) is 11.0. The molecule has 9 heteroatoms. The lowest BCUT2D eigenvalue weighted by Crippen LogP contribution is -2.42. The van der Waals surface area contributed by atoms with Crippen molar-refractivity contribution in [2.24, 2.45) is 0 Å². The van der Waals surface area contributed by atoms with E-state index in [1.54, 1.807) is 0 Å². The van der Waals surface area contributed by atoms with Gasteiger partial charge in [0.05, 0.1) is 18.9 Å². The van der Waals surface area contributed by atoms with Crippen LogP contribution in [0.1, 0.15) is 32.6 Å². The predicted octanol–water partition coefficient (Wildman–Crippen LogP) is -1.11. The smallest absolute Gasteiger partial charge is 0.336 e. The summed E-state index contributed by atoms with van der Waals surface area (Å²) >= 11 is 0. The van der Waals surface area contributed by atoms with Crippen LogP contribution < -0.4 is 0 Å². The Labute approximate surface area is 115 Å². The normalized spacial score (nSPS) is 12.0. The third kappa shape index (κ3) is 10.2. The Hall–Kier alpha value is -1.71. The summed E-state index contributed by atoms with van der Waals surface area (Å²) in [5.41, 5.74) is -2.74. The molecule has 0 spiro atoms. The number of aliphatic carboxylic acids is 3. The quantitative estimate of drug-likeness (QED) is 0.324. The SMILES string of the molecule is CCC(O)CCO.O=C(O)CC(O)(CC(=O)O)C(=O)O. The molecule has 0 heterocycles. The second kappa shape index (κ2) is 10.1. The molecule has 0 amide bonds. The number of hydrogen-bond donors (Lipinski definition) is 6. The molecule has 1 atom stereocenters. The van der Waals surface area contributed by atoms with Crippen molar-refractivity contribution < 1.29 is 45.0 Å². The second-order valence-electron chi connectivity index (χ2n) is 4.05. The van der Waals surface area contributed by atoms with E-state index in [1.165, 1.54) is 0 Å². The van der Waals surface area contributed by atoms with E-state index >= 15 is 0 Å². The van der Waals surface area contributed by atoms with Crippen molar-refractivity contribution in [3.05, 3.63) is 0 Å². The molecule has 20 heavy (non-hydrogen) atoms. The van der Waals surface area contributed by atoms with Crippen LogP contribution in [-0.2, 0) is 14.4 Å². The van der Waals surface area contributed by atoms with Gasteiger partial charge >= 0.3 is 17.9 Å². The van der Waals surface area contributed by atoms with Gasteiger partial charge in [-0.3, -0.25) is 9.59 Å². The largest absolute Gasteiger partial charge is 0.481 e. The summed E-state index contributed by atoms with van der Waals surface area (Å²) in [6.07, 6.45) is -1.34. The lowest BCUT2D eigenvalue weighted by Gasteiger charge is -2.18. The zero-order valence-electron chi connectivity index (χ0n) is 11.0. The monoisotopic (exact) mass is 296 g/mol. The fourth-order valence-electron chi connectivity index (χ4n) is 1.07. The van der Waals surface area contributed by atoms with E-state index < -0.39 is 36.4 Å². The Balaban J connectivity index is 0. The summed E-state index contributed by atoms with van der Waals surface area (Å²) in [5.74, 6) is -5.02. The zero-order chi connectivity index (χ0) is 16.3. The molecule has 0 aromatic rings. The molecule has 0 fully saturated rings. The van der Waals surface area contributed by atoms with Gasteiger partial charge in [0.1, 0.15) is 0 Å². The van der Waals surface area contributed by atoms with E-state index in [1.807, 2.05) is 6.92 Å². The van der Waals surface area contributed by atoms with Crippen LogP contribution in [-0.4, -0.2) is 66.9 Å². The number of aliphatic hydroxyl groups excluding tert-OH is 2. The van der Waals surface area contributed by atoms with Crippen LogP contribution in [0, 0.1) is 0 Å². The lowest BCUT2D eigenvalue weighted by atomic mass is 9.96. The Bertz CT molecular complexity index is 310. The molecule has 9 nitrogen and oxygen atoms in total. The minimum absolute atomic E-state index is 0.0923. The first kappa shape index (κ1) is 20.6. The molecule has 118 valence electrons. The van der Waals surface area contributed by atoms with Crippen molar-refractivity contribution in [3.63, 3.8) is 0 Å². The standard InChI is InChI=1S/C6H8O7.C5H12O2/c7-3(8)1-6(13,5(11)12)2-4(9)10;1-2-5(7)3-4-6/h13H,1-2H2,(H,7,8)(H,9,10)(H,11,12);5-7H,2-4H2,1H3. The number of carbonyl (C=O) groups is 3. The Morgan fingerprint density at radius 1 is 1.05 bits per heavy atom. The maximum Gasteiger partial charge on any atom is 0.336 e. The maximum absolute atomic E-state index is 10.3. The highest BCUT2D eigenvalue weighted by molar-refractivity contribution is 5.88. The molecule has 0 saturated carbocycles. The van der Waals surface area contributed by atoms with Gasteiger partial charge in [-0.05, 0) is 12.8 Å². The van der Waals surface area contributed by atoms with Crippen molar-refractivity contribution in [3.8, 4) is 0 Å². The van der Waals surface area contributed by atoms with Gasteiger partial charge in [-0.25, -0.2) is 4.79 Å². The molecule has 6 N–H and O–H groups in total. The van der Waals surface area contributed by atoms with E-state index in [0.717, 1.165) is 6.42 Å². The van der Waals surface area contributed by atoms with E-state index in [2.05, 4.69) is 0 Å². The molecule has 0 aliphatic carbocycles. The second-order valence-corrected chi connectivity index (χ2v) is 4.05.